The Morgan fingerprint density at radius 2 is 2.10 bits per heavy atom. The summed E-state index contributed by atoms with van der Waals surface area (Å²) in [6, 6.07) is 16.7. The van der Waals surface area contributed by atoms with Gasteiger partial charge in [0, 0.05) is 17.3 Å². The average molecular weight is 442 g/mol. The van der Waals surface area contributed by atoms with Gasteiger partial charge >= 0.3 is 0 Å². The lowest BCUT2D eigenvalue weighted by Gasteiger charge is -2.22. The molecule has 154 valence electrons. The van der Waals surface area contributed by atoms with Crippen LogP contribution in [0.2, 0.25) is 5.02 Å². The van der Waals surface area contributed by atoms with E-state index < -0.39 is 0 Å². The van der Waals surface area contributed by atoms with Crippen LogP contribution in [0.3, 0.4) is 0 Å². The van der Waals surface area contributed by atoms with E-state index in [4.69, 9.17) is 21.6 Å². The van der Waals surface area contributed by atoms with Crippen molar-refractivity contribution in [2.24, 2.45) is 0 Å². The molecule has 0 fully saturated rings. The minimum absolute atomic E-state index is 0.125. The molecule has 3 rings (SSSR count). The SMILES string of the molecule is CCOc1ccc(N(CCC#N)C(=O)CSc2nncn2-c2cccc(Cl)c2)cc1. The Bertz CT molecular complexity index is 1030. The summed E-state index contributed by atoms with van der Waals surface area (Å²) in [6.45, 7) is 2.79. The summed E-state index contributed by atoms with van der Waals surface area (Å²) in [5, 5.41) is 18.2. The zero-order valence-corrected chi connectivity index (χ0v) is 17.9. The second-order valence-corrected chi connectivity index (χ2v) is 7.51. The minimum atomic E-state index is -0.125. The first-order valence-electron chi connectivity index (χ1n) is 9.31. The van der Waals surface area contributed by atoms with Crippen LogP contribution < -0.4 is 9.64 Å². The van der Waals surface area contributed by atoms with E-state index in [0.717, 1.165) is 17.1 Å². The van der Waals surface area contributed by atoms with Gasteiger partial charge in [0.15, 0.2) is 5.16 Å². The fourth-order valence-electron chi connectivity index (χ4n) is 2.78. The standard InChI is InChI=1S/C21H20ClN5O2S/c1-2-29-19-9-7-17(8-10-19)26(12-4-11-23)20(28)14-30-21-25-24-15-27(21)18-6-3-5-16(22)13-18/h3,5-10,13,15H,2,4,12,14H2,1H3. The van der Waals surface area contributed by atoms with E-state index in [1.165, 1.54) is 11.8 Å². The van der Waals surface area contributed by atoms with Crippen LogP contribution in [0, 0.1) is 11.3 Å². The van der Waals surface area contributed by atoms with Crippen molar-refractivity contribution in [3.63, 3.8) is 0 Å². The molecular formula is C21H20ClN5O2S. The molecule has 1 amide bonds. The Labute approximate surface area is 184 Å². The Morgan fingerprint density at radius 3 is 2.80 bits per heavy atom. The topological polar surface area (TPSA) is 84.0 Å². The van der Waals surface area contributed by atoms with Gasteiger partial charge in [-0.1, -0.05) is 29.4 Å². The average Bonchev–Trinajstić information content (AvgIpc) is 3.22. The molecule has 3 aromatic rings. The van der Waals surface area contributed by atoms with Crippen LogP contribution >= 0.6 is 23.4 Å². The second-order valence-electron chi connectivity index (χ2n) is 6.13. The summed E-state index contributed by atoms with van der Waals surface area (Å²) >= 11 is 7.35. The molecule has 1 heterocycles. The van der Waals surface area contributed by atoms with Crippen molar-refractivity contribution in [3.8, 4) is 17.5 Å². The van der Waals surface area contributed by atoms with E-state index in [0.29, 0.717) is 23.3 Å². The summed E-state index contributed by atoms with van der Waals surface area (Å²) < 4.78 is 7.23. The largest absolute Gasteiger partial charge is 0.494 e. The van der Waals surface area contributed by atoms with Crippen molar-refractivity contribution in [2.75, 3.05) is 23.8 Å². The van der Waals surface area contributed by atoms with Gasteiger partial charge in [0.05, 0.1) is 30.5 Å². The quantitative estimate of drug-likeness (QED) is 0.459. The van der Waals surface area contributed by atoms with Crippen LogP contribution in [-0.2, 0) is 4.79 Å². The zero-order chi connectivity index (χ0) is 21.3. The maximum Gasteiger partial charge on any atom is 0.237 e. The third-order valence-electron chi connectivity index (χ3n) is 4.14. The number of benzene rings is 2. The normalized spacial score (nSPS) is 10.4. The number of nitriles is 1. The molecule has 0 saturated heterocycles. The molecule has 0 aliphatic heterocycles. The molecule has 0 atom stereocenters. The molecule has 9 heteroatoms. The van der Waals surface area contributed by atoms with E-state index in [9.17, 15) is 4.79 Å². The predicted molar refractivity (Wildman–Crippen MR) is 117 cm³/mol. The summed E-state index contributed by atoms with van der Waals surface area (Å²) in [5.41, 5.74) is 1.53. The van der Waals surface area contributed by atoms with Crippen molar-refractivity contribution in [3.05, 3.63) is 59.9 Å². The number of hydrogen-bond acceptors (Lipinski definition) is 6. The molecule has 0 radical (unpaired) electrons. The number of halogens is 1. The molecule has 30 heavy (non-hydrogen) atoms. The van der Waals surface area contributed by atoms with Crippen molar-refractivity contribution in [1.29, 1.82) is 5.26 Å². The highest BCUT2D eigenvalue weighted by atomic mass is 35.5. The molecule has 0 aliphatic carbocycles. The number of amides is 1. The lowest BCUT2D eigenvalue weighted by atomic mass is 10.2. The number of rotatable bonds is 9. The first-order valence-corrected chi connectivity index (χ1v) is 10.7. The second kappa shape index (κ2) is 10.7. The van der Waals surface area contributed by atoms with Gasteiger partial charge in [-0.25, -0.2) is 0 Å². The van der Waals surface area contributed by atoms with Gasteiger partial charge in [-0.05, 0) is 49.4 Å². The van der Waals surface area contributed by atoms with Gasteiger partial charge < -0.3 is 9.64 Å². The fraction of sp³-hybridized carbons (Fsp3) is 0.238. The highest BCUT2D eigenvalue weighted by molar-refractivity contribution is 7.99. The van der Waals surface area contributed by atoms with Crippen LogP contribution in [0.4, 0.5) is 5.69 Å². The minimum Gasteiger partial charge on any atom is -0.494 e. The molecule has 0 bridgehead atoms. The maximum absolute atomic E-state index is 12.9. The predicted octanol–water partition coefficient (Wildman–Crippen LogP) is 4.36. The van der Waals surface area contributed by atoms with Gasteiger partial charge in [-0.3, -0.25) is 9.36 Å². The number of nitrogens with zero attached hydrogens (tertiary/aromatic N) is 5. The highest BCUT2D eigenvalue weighted by Gasteiger charge is 2.18. The van der Waals surface area contributed by atoms with Gasteiger partial charge in [0.25, 0.3) is 0 Å². The third kappa shape index (κ3) is 5.53. The molecule has 0 saturated carbocycles. The Kier molecular flexibility index (Phi) is 7.71. The molecule has 0 spiro atoms. The van der Waals surface area contributed by atoms with E-state index in [-0.39, 0.29) is 18.1 Å². The maximum atomic E-state index is 12.9. The number of carbonyl (C=O) groups is 1. The van der Waals surface area contributed by atoms with Crippen LogP contribution in [0.15, 0.2) is 60.0 Å². The highest BCUT2D eigenvalue weighted by Crippen LogP contribution is 2.24. The van der Waals surface area contributed by atoms with Gasteiger partial charge in [0.2, 0.25) is 5.91 Å². The number of anilines is 1. The van der Waals surface area contributed by atoms with E-state index in [1.54, 1.807) is 27.9 Å². The van der Waals surface area contributed by atoms with Crippen LogP contribution in [0.25, 0.3) is 5.69 Å². The molecule has 0 N–H and O–H groups in total. The molecule has 2 aromatic carbocycles. The van der Waals surface area contributed by atoms with Crippen molar-refractivity contribution in [2.45, 2.75) is 18.5 Å². The molecule has 0 unspecified atom stereocenters. The van der Waals surface area contributed by atoms with E-state index >= 15 is 0 Å². The van der Waals surface area contributed by atoms with Gasteiger partial charge in [-0.15, -0.1) is 10.2 Å². The number of aromatic nitrogens is 3. The summed E-state index contributed by atoms with van der Waals surface area (Å²) in [6.07, 6.45) is 1.82. The number of hydrogen-bond donors (Lipinski definition) is 0. The molecule has 7 nitrogen and oxygen atoms in total. The Hall–Kier alpha value is -3.02. The van der Waals surface area contributed by atoms with Gasteiger partial charge in [-0.2, -0.15) is 5.26 Å². The van der Waals surface area contributed by atoms with Crippen LogP contribution in [0.5, 0.6) is 5.75 Å². The number of ether oxygens (including phenoxy) is 1. The van der Waals surface area contributed by atoms with Crippen molar-refractivity contribution < 1.29 is 9.53 Å². The number of carbonyl (C=O) groups excluding carboxylic acids is 1. The third-order valence-corrected chi connectivity index (χ3v) is 5.30. The lowest BCUT2D eigenvalue weighted by Crippen LogP contribution is -2.33. The first kappa shape index (κ1) is 21.7. The molecule has 0 aliphatic rings. The fourth-order valence-corrected chi connectivity index (χ4v) is 3.77. The number of thioether (sulfide) groups is 1. The Morgan fingerprint density at radius 1 is 1.30 bits per heavy atom. The summed E-state index contributed by atoms with van der Waals surface area (Å²) in [4.78, 5) is 14.5. The van der Waals surface area contributed by atoms with Crippen molar-refractivity contribution in [1.82, 2.24) is 14.8 Å². The summed E-state index contributed by atoms with van der Waals surface area (Å²) in [5.74, 6) is 0.760. The Balaban J connectivity index is 1.72. The molecular weight excluding hydrogens is 422 g/mol. The summed E-state index contributed by atoms with van der Waals surface area (Å²) in [7, 11) is 0. The monoisotopic (exact) mass is 441 g/mol. The van der Waals surface area contributed by atoms with Crippen LogP contribution in [0.1, 0.15) is 13.3 Å². The lowest BCUT2D eigenvalue weighted by molar-refractivity contribution is -0.116. The molecule has 1 aromatic heterocycles. The van der Waals surface area contributed by atoms with E-state index in [1.807, 2.05) is 43.3 Å². The van der Waals surface area contributed by atoms with Crippen molar-refractivity contribution >= 4 is 35.0 Å². The van der Waals surface area contributed by atoms with Gasteiger partial charge in [0.1, 0.15) is 12.1 Å². The first-order chi connectivity index (χ1) is 14.6. The van der Waals surface area contributed by atoms with E-state index in [2.05, 4.69) is 16.3 Å². The van der Waals surface area contributed by atoms with Crippen LogP contribution in [-0.4, -0.2) is 39.6 Å². The smallest absolute Gasteiger partial charge is 0.237 e. The zero-order valence-electron chi connectivity index (χ0n) is 16.4.